The number of hydrogen-bond acceptors (Lipinski definition) is 3. The van der Waals surface area contributed by atoms with Crippen molar-refractivity contribution in [3.8, 4) is 5.69 Å². The van der Waals surface area contributed by atoms with Gasteiger partial charge in [0.2, 0.25) is 5.91 Å². The molecule has 1 heterocycles. The second-order valence-electron chi connectivity index (χ2n) is 6.36. The van der Waals surface area contributed by atoms with Gasteiger partial charge in [0, 0.05) is 18.9 Å². The summed E-state index contributed by atoms with van der Waals surface area (Å²) in [6, 6.07) is 14.4. The number of carbonyl (C=O) groups excluding carboxylic acids is 1. The summed E-state index contributed by atoms with van der Waals surface area (Å²) in [5.74, 6) is 0.349. The van der Waals surface area contributed by atoms with Crippen LogP contribution in [0.25, 0.3) is 5.69 Å². The maximum absolute atomic E-state index is 12.2. The highest BCUT2D eigenvalue weighted by atomic mass is 32.2. The minimum absolute atomic E-state index is 0.00781. The van der Waals surface area contributed by atoms with E-state index < -0.39 is 0 Å². The molecule has 2 aromatic carbocycles. The van der Waals surface area contributed by atoms with E-state index in [4.69, 9.17) is 0 Å². The van der Waals surface area contributed by atoms with Crippen LogP contribution in [0.1, 0.15) is 22.3 Å². The number of aromatic nitrogens is 2. The smallest absolute Gasteiger partial charge is 0.230 e. The first-order valence-corrected chi connectivity index (χ1v) is 9.58. The zero-order valence-electron chi connectivity index (χ0n) is 15.3. The van der Waals surface area contributed by atoms with Gasteiger partial charge in [-0.1, -0.05) is 53.7 Å². The molecule has 1 aromatic heterocycles. The van der Waals surface area contributed by atoms with Crippen LogP contribution in [-0.2, 0) is 11.3 Å². The second kappa shape index (κ2) is 8.23. The second-order valence-corrected chi connectivity index (χ2v) is 7.30. The first-order valence-electron chi connectivity index (χ1n) is 8.59. The number of rotatable bonds is 6. The lowest BCUT2D eigenvalue weighted by atomic mass is 10.1. The Bertz CT molecular complexity index is 917. The molecule has 0 spiro atoms. The number of nitrogens with one attached hydrogen (secondary N) is 1. The highest BCUT2D eigenvalue weighted by Gasteiger charge is 2.11. The number of hydrogen-bond donors (Lipinski definition) is 1. The number of carbonyl (C=O) groups is 1. The van der Waals surface area contributed by atoms with Crippen LogP contribution in [0.15, 0.2) is 60.0 Å². The Balaban J connectivity index is 1.61. The predicted molar refractivity (Wildman–Crippen MR) is 107 cm³/mol. The summed E-state index contributed by atoms with van der Waals surface area (Å²) in [7, 11) is 0. The quantitative estimate of drug-likeness (QED) is 0.666. The fourth-order valence-corrected chi connectivity index (χ4v) is 3.63. The van der Waals surface area contributed by atoms with Gasteiger partial charge >= 0.3 is 0 Å². The molecule has 0 saturated heterocycles. The average Bonchev–Trinajstić information content (AvgIpc) is 3.07. The van der Waals surface area contributed by atoms with Crippen molar-refractivity contribution in [1.29, 1.82) is 0 Å². The van der Waals surface area contributed by atoms with Gasteiger partial charge in [0.15, 0.2) is 5.16 Å². The fourth-order valence-electron chi connectivity index (χ4n) is 2.84. The molecule has 0 fully saturated rings. The Morgan fingerprint density at radius 2 is 1.92 bits per heavy atom. The first kappa shape index (κ1) is 18.3. The molecule has 0 unspecified atom stereocenters. The molecule has 0 atom stereocenters. The zero-order chi connectivity index (χ0) is 18.5. The first-order chi connectivity index (χ1) is 12.5. The molecule has 134 valence electrons. The summed E-state index contributed by atoms with van der Waals surface area (Å²) in [5, 5.41) is 3.81. The third-order valence-corrected chi connectivity index (χ3v) is 5.26. The van der Waals surface area contributed by atoms with Crippen molar-refractivity contribution in [2.24, 2.45) is 0 Å². The van der Waals surface area contributed by atoms with Gasteiger partial charge in [-0.2, -0.15) is 0 Å². The lowest BCUT2D eigenvalue weighted by Crippen LogP contribution is -2.25. The third-order valence-electron chi connectivity index (χ3n) is 4.29. The lowest BCUT2D eigenvalue weighted by Gasteiger charge is -2.11. The van der Waals surface area contributed by atoms with Crippen LogP contribution in [0, 0.1) is 20.8 Å². The van der Waals surface area contributed by atoms with E-state index in [-0.39, 0.29) is 5.91 Å². The Labute approximate surface area is 158 Å². The van der Waals surface area contributed by atoms with Gasteiger partial charge in [-0.3, -0.25) is 9.36 Å². The average molecular weight is 366 g/mol. The minimum atomic E-state index is 0.00781. The van der Waals surface area contributed by atoms with E-state index in [9.17, 15) is 4.79 Å². The van der Waals surface area contributed by atoms with E-state index in [0.717, 1.165) is 16.4 Å². The van der Waals surface area contributed by atoms with Gasteiger partial charge in [0.25, 0.3) is 0 Å². The van der Waals surface area contributed by atoms with Crippen molar-refractivity contribution >= 4 is 17.7 Å². The van der Waals surface area contributed by atoms with Crippen molar-refractivity contribution in [3.05, 3.63) is 77.1 Å². The summed E-state index contributed by atoms with van der Waals surface area (Å²) >= 11 is 1.45. The fraction of sp³-hybridized carbons (Fsp3) is 0.238. The molecule has 3 aromatic rings. The number of nitrogens with zero attached hydrogens (tertiary/aromatic N) is 2. The van der Waals surface area contributed by atoms with Crippen molar-refractivity contribution in [2.75, 3.05) is 5.75 Å². The van der Waals surface area contributed by atoms with Gasteiger partial charge in [0.1, 0.15) is 0 Å². The van der Waals surface area contributed by atoms with Crippen LogP contribution in [0.3, 0.4) is 0 Å². The normalized spacial score (nSPS) is 10.7. The van der Waals surface area contributed by atoms with Crippen LogP contribution < -0.4 is 5.32 Å². The molecule has 4 nitrogen and oxygen atoms in total. The van der Waals surface area contributed by atoms with Gasteiger partial charge < -0.3 is 5.32 Å². The minimum Gasteiger partial charge on any atom is -0.351 e. The van der Waals surface area contributed by atoms with Crippen LogP contribution in [-0.4, -0.2) is 21.2 Å². The molecule has 1 amide bonds. The molecule has 5 heteroatoms. The number of aryl methyl sites for hydroxylation is 3. The molecule has 0 bridgehead atoms. The topological polar surface area (TPSA) is 46.9 Å². The Morgan fingerprint density at radius 1 is 1.12 bits per heavy atom. The maximum Gasteiger partial charge on any atom is 0.230 e. The van der Waals surface area contributed by atoms with E-state index >= 15 is 0 Å². The zero-order valence-corrected chi connectivity index (χ0v) is 16.1. The summed E-state index contributed by atoms with van der Waals surface area (Å²) in [6.07, 6.45) is 3.71. The summed E-state index contributed by atoms with van der Waals surface area (Å²) in [5.41, 5.74) is 5.84. The maximum atomic E-state index is 12.2. The Kier molecular flexibility index (Phi) is 5.78. The van der Waals surface area contributed by atoms with Crippen LogP contribution in [0.5, 0.6) is 0 Å². The number of imidazole rings is 1. The van der Waals surface area contributed by atoms with Crippen LogP contribution in [0.2, 0.25) is 0 Å². The van der Waals surface area contributed by atoms with E-state index in [0.29, 0.717) is 12.3 Å². The van der Waals surface area contributed by atoms with Gasteiger partial charge in [-0.15, -0.1) is 0 Å². The van der Waals surface area contributed by atoms with Gasteiger partial charge in [0.05, 0.1) is 11.4 Å². The standard InChI is InChI=1S/C21H23N3OS/c1-15-8-9-19(17(3)12-15)24-11-10-22-21(24)26-14-20(25)23-13-18-7-5-4-6-16(18)2/h4-12H,13-14H2,1-3H3,(H,23,25). The van der Waals surface area contributed by atoms with E-state index in [1.54, 1.807) is 6.20 Å². The number of thioether (sulfide) groups is 1. The van der Waals surface area contributed by atoms with E-state index in [2.05, 4.69) is 55.3 Å². The van der Waals surface area contributed by atoms with Gasteiger partial charge in [-0.25, -0.2) is 4.98 Å². The molecule has 0 aliphatic heterocycles. The molecular formula is C21H23N3OS. The Hall–Kier alpha value is -2.53. The van der Waals surface area contributed by atoms with Crippen LogP contribution >= 0.6 is 11.8 Å². The SMILES string of the molecule is Cc1ccc(-n2ccnc2SCC(=O)NCc2ccccc2C)c(C)c1. The number of benzene rings is 2. The molecule has 1 N–H and O–H groups in total. The summed E-state index contributed by atoms with van der Waals surface area (Å²) in [4.78, 5) is 16.6. The molecule has 0 aliphatic carbocycles. The van der Waals surface area contributed by atoms with E-state index in [1.807, 2.05) is 29.0 Å². The van der Waals surface area contributed by atoms with Crippen LogP contribution in [0.4, 0.5) is 0 Å². The molecular weight excluding hydrogens is 342 g/mol. The van der Waals surface area contributed by atoms with E-state index in [1.165, 1.54) is 28.5 Å². The number of amides is 1. The highest BCUT2D eigenvalue weighted by Crippen LogP contribution is 2.23. The van der Waals surface area contributed by atoms with Crippen molar-refractivity contribution in [3.63, 3.8) is 0 Å². The largest absolute Gasteiger partial charge is 0.351 e. The Morgan fingerprint density at radius 3 is 2.69 bits per heavy atom. The highest BCUT2D eigenvalue weighted by molar-refractivity contribution is 7.99. The summed E-state index contributed by atoms with van der Waals surface area (Å²) in [6.45, 7) is 6.78. The monoisotopic (exact) mass is 365 g/mol. The summed E-state index contributed by atoms with van der Waals surface area (Å²) < 4.78 is 2.04. The molecule has 26 heavy (non-hydrogen) atoms. The lowest BCUT2D eigenvalue weighted by molar-refractivity contribution is -0.118. The molecule has 0 saturated carbocycles. The molecule has 3 rings (SSSR count). The molecule has 0 radical (unpaired) electrons. The molecule has 0 aliphatic rings. The third kappa shape index (κ3) is 4.35. The predicted octanol–water partition coefficient (Wildman–Crippen LogP) is 4.21. The van der Waals surface area contributed by atoms with Gasteiger partial charge in [-0.05, 0) is 43.5 Å². The van der Waals surface area contributed by atoms with Crippen molar-refractivity contribution in [1.82, 2.24) is 14.9 Å². The van der Waals surface area contributed by atoms with Crippen molar-refractivity contribution in [2.45, 2.75) is 32.5 Å². The van der Waals surface area contributed by atoms with Crippen molar-refractivity contribution < 1.29 is 4.79 Å².